The molecule has 1 amide bonds. The Morgan fingerprint density at radius 1 is 0.909 bits per heavy atom. The fourth-order valence-corrected chi connectivity index (χ4v) is 3.75. The predicted octanol–water partition coefficient (Wildman–Crippen LogP) is 3.67. The third-order valence-corrected chi connectivity index (χ3v) is 5.40. The van der Waals surface area contributed by atoms with E-state index in [1.54, 1.807) is 18.2 Å². The molecule has 3 aromatic carbocycles. The van der Waals surface area contributed by atoms with Gasteiger partial charge in [-0.1, -0.05) is 78.3 Å². The number of nitrogens with two attached hydrogens (primary N) is 1. The minimum absolute atomic E-state index is 0.0724. The molecule has 4 rings (SSSR count). The lowest BCUT2D eigenvalue weighted by molar-refractivity contribution is 0.0984. The Bertz CT molecular complexity index is 1400. The van der Waals surface area contributed by atoms with Gasteiger partial charge in [-0.2, -0.15) is 0 Å². The van der Waals surface area contributed by atoms with E-state index in [9.17, 15) is 14.4 Å². The third-order valence-electron chi connectivity index (χ3n) is 5.17. The zero-order chi connectivity index (χ0) is 23.4. The van der Waals surface area contributed by atoms with Crippen LogP contribution in [0.3, 0.4) is 0 Å². The molecule has 0 fully saturated rings. The smallest absolute Gasteiger partial charge is 0.330 e. The summed E-state index contributed by atoms with van der Waals surface area (Å²) in [5.41, 5.74) is 6.76. The maximum Gasteiger partial charge on any atom is 0.330 e. The molecule has 1 heterocycles. The van der Waals surface area contributed by atoms with E-state index in [4.69, 9.17) is 17.3 Å². The molecule has 0 radical (unpaired) electrons. The van der Waals surface area contributed by atoms with Crippen molar-refractivity contribution in [1.29, 1.82) is 0 Å². The first-order valence-corrected chi connectivity index (χ1v) is 10.6. The van der Waals surface area contributed by atoms with Crippen LogP contribution < -0.4 is 21.9 Å². The highest BCUT2D eigenvalue weighted by molar-refractivity contribution is 6.31. The molecule has 1 aromatic heterocycles. The molecule has 0 bridgehead atoms. The Hall–Kier alpha value is -4.10. The van der Waals surface area contributed by atoms with Crippen LogP contribution in [0.1, 0.15) is 21.5 Å². The van der Waals surface area contributed by atoms with Gasteiger partial charge in [0.15, 0.2) is 5.69 Å². The van der Waals surface area contributed by atoms with Crippen molar-refractivity contribution in [2.24, 2.45) is 0 Å². The summed E-state index contributed by atoms with van der Waals surface area (Å²) < 4.78 is 1.25. The number of nitrogens with one attached hydrogen (secondary N) is 1. The number of H-pyrrole nitrogens is 1. The second-order valence-corrected chi connectivity index (χ2v) is 7.89. The standard InChI is InChI=1S/C25H21ClN4O3/c26-20-13-7-12-19(14-20)24(32)29(15-17-8-3-1-4-9-17)21-22(27)30(25(33)28-23(21)31)16-18-10-5-2-6-11-18/h1-14H,15-16,27H2,(H,28,31,33). The molecule has 4 aromatic rings. The van der Waals surface area contributed by atoms with Gasteiger partial charge in [0.05, 0.1) is 13.1 Å². The van der Waals surface area contributed by atoms with Crippen LogP contribution >= 0.6 is 11.6 Å². The molecule has 0 aliphatic heterocycles. The van der Waals surface area contributed by atoms with Crippen molar-refractivity contribution in [3.05, 3.63) is 127 Å². The number of carbonyl (C=O) groups excluding carboxylic acids is 1. The second kappa shape index (κ2) is 9.58. The van der Waals surface area contributed by atoms with E-state index < -0.39 is 17.2 Å². The summed E-state index contributed by atoms with van der Waals surface area (Å²) in [6.07, 6.45) is 0. The van der Waals surface area contributed by atoms with Gasteiger partial charge in [0.25, 0.3) is 11.5 Å². The monoisotopic (exact) mass is 460 g/mol. The van der Waals surface area contributed by atoms with Crippen molar-refractivity contribution in [3.63, 3.8) is 0 Å². The van der Waals surface area contributed by atoms with Gasteiger partial charge in [0.2, 0.25) is 0 Å². The van der Waals surface area contributed by atoms with Crippen LogP contribution in [0, 0.1) is 0 Å². The SMILES string of the molecule is Nc1c(N(Cc2ccccc2)C(=O)c2cccc(Cl)c2)c(=O)[nH]c(=O)n1Cc1ccccc1. The number of hydrogen-bond donors (Lipinski definition) is 2. The van der Waals surface area contributed by atoms with Crippen LogP contribution in [-0.2, 0) is 13.1 Å². The number of aromatic amines is 1. The lowest BCUT2D eigenvalue weighted by Crippen LogP contribution is -2.41. The van der Waals surface area contributed by atoms with Crippen molar-refractivity contribution < 1.29 is 4.79 Å². The van der Waals surface area contributed by atoms with Crippen molar-refractivity contribution in [1.82, 2.24) is 9.55 Å². The minimum Gasteiger partial charge on any atom is -0.383 e. The Morgan fingerprint density at radius 2 is 1.55 bits per heavy atom. The molecule has 3 N–H and O–H groups in total. The summed E-state index contributed by atoms with van der Waals surface area (Å²) in [5.74, 6) is -0.567. The average molecular weight is 461 g/mol. The molecular weight excluding hydrogens is 440 g/mol. The summed E-state index contributed by atoms with van der Waals surface area (Å²) >= 11 is 6.09. The molecule has 0 unspecified atom stereocenters. The van der Waals surface area contributed by atoms with Gasteiger partial charge in [0.1, 0.15) is 5.82 Å². The molecule has 0 saturated carbocycles. The summed E-state index contributed by atoms with van der Waals surface area (Å²) in [6.45, 7) is 0.211. The summed E-state index contributed by atoms with van der Waals surface area (Å²) in [4.78, 5) is 42.6. The highest BCUT2D eigenvalue weighted by Gasteiger charge is 2.26. The van der Waals surface area contributed by atoms with Gasteiger partial charge in [-0.25, -0.2) is 4.79 Å². The molecule has 0 atom stereocenters. The summed E-state index contributed by atoms with van der Waals surface area (Å²) in [7, 11) is 0. The number of aromatic nitrogens is 2. The predicted molar refractivity (Wildman–Crippen MR) is 130 cm³/mol. The normalized spacial score (nSPS) is 10.7. The lowest BCUT2D eigenvalue weighted by atomic mass is 10.1. The number of amides is 1. The van der Waals surface area contributed by atoms with Crippen LogP contribution in [0.4, 0.5) is 11.5 Å². The first-order valence-electron chi connectivity index (χ1n) is 10.2. The maximum atomic E-state index is 13.5. The Morgan fingerprint density at radius 3 is 2.18 bits per heavy atom. The van der Waals surface area contributed by atoms with Crippen LogP contribution in [0.2, 0.25) is 5.02 Å². The first kappa shape index (κ1) is 22.1. The van der Waals surface area contributed by atoms with Crippen molar-refractivity contribution >= 4 is 29.0 Å². The van der Waals surface area contributed by atoms with Crippen molar-refractivity contribution in [2.45, 2.75) is 13.1 Å². The number of halogens is 1. The number of nitrogen functional groups attached to an aromatic ring is 1. The van der Waals surface area contributed by atoms with Gasteiger partial charge >= 0.3 is 5.69 Å². The Kier molecular flexibility index (Phi) is 6.42. The molecule has 33 heavy (non-hydrogen) atoms. The molecule has 8 heteroatoms. The number of anilines is 2. The fraction of sp³-hybridized carbons (Fsp3) is 0.0800. The topological polar surface area (TPSA) is 101 Å². The lowest BCUT2D eigenvalue weighted by Gasteiger charge is -2.25. The van der Waals surface area contributed by atoms with Crippen LogP contribution in [0.5, 0.6) is 0 Å². The molecule has 0 spiro atoms. The quantitative estimate of drug-likeness (QED) is 0.458. The zero-order valence-corrected chi connectivity index (χ0v) is 18.3. The van der Waals surface area contributed by atoms with E-state index in [2.05, 4.69) is 4.98 Å². The van der Waals surface area contributed by atoms with Crippen molar-refractivity contribution in [3.8, 4) is 0 Å². The molecule has 0 saturated heterocycles. The van der Waals surface area contributed by atoms with Gasteiger partial charge in [-0.15, -0.1) is 0 Å². The second-order valence-electron chi connectivity index (χ2n) is 7.45. The van der Waals surface area contributed by atoms with E-state index >= 15 is 0 Å². The van der Waals surface area contributed by atoms with Crippen LogP contribution in [0.25, 0.3) is 0 Å². The molecular formula is C25H21ClN4O3. The number of hydrogen-bond acceptors (Lipinski definition) is 4. The highest BCUT2D eigenvalue weighted by atomic mass is 35.5. The largest absolute Gasteiger partial charge is 0.383 e. The van der Waals surface area contributed by atoms with E-state index in [1.165, 1.54) is 15.5 Å². The minimum atomic E-state index is -0.742. The van der Waals surface area contributed by atoms with Gasteiger partial charge in [-0.3, -0.25) is 24.0 Å². The summed E-state index contributed by atoms with van der Waals surface area (Å²) in [6, 6.07) is 24.9. The Balaban J connectivity index is 1.85. The Labute approximate surface area is 194 Å². The molecule has 166 valence electrons. The molecule has 0 aliphatic carbocycles. The van der Waals surface area contributed by atoms with Gasteiger partial charge < -0.3 is 5.73 Å². The zero-order valence-electron chi connectivity index (χ0n) is 17.6. The van der Waals surface area contributed by atoms with Gasteiger partial charge in [-0.05, 0) is 29.3 Å². The molecule has 0 aliphatic rings. The number of rotatable bonds is 6. The van der Waals surface area contributed by atoms with Gasteiger partial charge in [0, 0.05) is 10.6 Å². The van der Waals surface area contributed by atoms with E-state index in [1.807, 2.05) is 60.7 Å². The van der Waals surface area contributed by atoms with Crippen LogP contribution in [-0.4, -0.2) is 15.5 Å². The van der Waals surface area contributed by atoms with E-state index in [0.29, 0.717) is 5.02 Å². The van der Waals surface area contributed by atoms with E-state index in [-0.39, 0.29) is 30.2 Å². The van der Waals surface area contributed by atoms with Crippen LogP contribution in [0.15, 0.2) is 94.5 Å². The van der Waals surface area contributed by atoms with E-state index in [0.717, 1.165) is 11.1 Å². The summed E-state index contributed by atoms with van der Waals surface area (Å²) in [5, 5.41) is 0.386. The number of nitrogens with zero attached hydrogens (tertiary/aromatic N) is 2. The van der Waals surface area contributed by atoms with Crippen molar-refractivity contribution in [2.75, 3.05) is 10.6 Å². The first-order chi connectivity index (χ1) is 15.9. The number of carbonyl (C=O) groups is 1. The fourth-order valence-electron chi connectivity index (χ4n) is 3.56. The average Bonchev–Trinajstić information content (AvgIpc) is 2.82. The number of benzene rings is 3. The molecule has 7 nitrogen and oxygen atoms in total. The third kappa shape index (κ3) is 4.88. The maximum absolute atomic E-state index is 13.5. The highest BCUT2D eigenvalue weighted by Crippen LogP contribution is 2.23.